The van der Waals surface area contributed by atoms with Crippen molar-refractivity contribution in [2.24, 2.45) is 0 Å². The Morgan fingerprint density at radius 3 is 2.67 bits per heavy atom. The lowest BCUT2D eigenvalue weighted by atomic mass is 10.2. The van der Waals surface area contributed by atoms with Crippen LogP contribution in [0.1, 0.15) is 17.1 Å². The zero-order valence-electron chi connectivity index (χ0n) is 17.3. The third-order valence-electron chi connectivity index (χ3n) is 4.67. The van der Waals surface area contributed by atoms with Crippen LogP contribution >= 0.6 is 11.8 Å². The zero-order chi connectivity index (χ0) is 23.4. The molecule has 0 unspecified atom stereocenters. The molecule has 2 aromatic heterocycles. The summed E-state index contributed by atoms with van der Waals surface area (Å²) >= 11 is 1.35. The number of H-pyrrole nitrogens is 2. The molecule has 0 saturated carbocycles. The minimum atomic E-state index is -0.606. The molecule has 2 aromatic carbocycles. The second-order valence-corrected chi connectivity index (χ2v) is 7.88. The van der Waals surface area contributed by atoms with Crippen LogP contribution in [0.4, 0.5) is 5.69 Å². The molecule has 0 fully saturated rings. The van der Waals surface area contributed by atoms with Gasteiger partial charge < -0.3 is 9.72 Å². The Morgan fingerprint density at radius 2 is 1.91 bits per heavy atom. The Balaban J connectivity index is 1.70. The summed E-state index contributed by atoms with van der Waals surface area (Å²) in [6.45, 7) is 0. The van der Waals surface area contributed by atoms with Crippen molar-refractivity contribution in [3.63, 3.8) is 0 Å². The lowest BCUT2D eigenvalue weighted by Gasteiger charge is -2.11. The maximum atomic E-state index is 11.7. The highest BCUT2D eigenvalue weighted by Gasteiger charge is 2.17. The summed E-state index contributed by atoms with van der Waals surface area (Å²) in [5.41, 5.74) is 0.765. The zero-order valence-corrected chi connectivity index (χ0v) is 18.2. The quantitative estimate of drug-likeness (QED) is 0.228. The largest absolute Gasteiger partial charge is 0.497 e. The molecule has 0 aliphatic rings. The van der Waals surface area contributed by atoms with Gasteiger partial charge in [0, 0.05) is 42.1 Å². The van der Waals surface area contributed by atoms with Gasteiger partial charge in [0.15, 0.2) is 5.16 Å². The van der Waals surface area contributed by atoms with Gasteiger partial charge in [-0.15, -0.1) is 10.2 Å². The van der Waals surface area contributed by atoms with Crippen molar-refractivity contribution < 1.29 is 9.66 Å². The Hall–Kier alpha value is -4.19. The number of aromatic amines is 2. The second-order valence-electron chi connectivity index (χ2n) is 6.94. The van der Waals surface area contributed by atoms with Crippen molar-refractivity contribution in [2.75, 3.05) is 7.11 Å². The number of aromatic nitrogens is 5. The molecule has 4 aromatic rings. The molecule has 0 aliphatic carbocycles. The van der Waals surface area contributed by atoms with Crippen molar-refractivity contribution in [1.29, 1.82) is 0 Å². The van der Waals surface area contributed by atoms with Gasteiger partial charge in [-0.1, -0.05) is 30.0 Å². The lowest BCUT2D eigenvalue weighted by Crippen LogP contribution is -2.23. The van der Waals surface area contributed by atoms with E-state index in [2.05, 4.69) is 20.2 Å². The summed E-state index contributed by atoms with van der Waals surface area (Å²) in [6, 6.07) is 15.0. The number of nitrogens with zero attached hydrogens (tertiary/aromatic N) is 4. The van der Waals surface area contributed by atoms with Crippen LogP contribution in [0, 0.1) is 10.1 Å². The van der Waals surface area contributed by atoms with Crippen molar-refractivity contribution in [3.05, 3.63) is 103 Å². The minimum absolute atomic E-state index is 0.0151. The average Bonchev–Trinajstić information content (AvgIpc) is 3.19. The van der Waals surface area contributed by atoms with Gasteiger partial charge in [0.2, 0.25) is 0 Å². The number of ether oxygens (including phenoxy) is 1. The van der Waals surface area contributed by atoms with Gasteiger partial charge in [-0.2, -0.15) is 0 Å². The molecule has 2 N–H and O–H groups in total. The predicted molar refractivity (Wildman–Crippen MR) is 121 cm³/mol. The first kappa shape index (κ1) is 22.0. The topological polar surface area (TPSA) is 149 Å². The number of benzene rings is 2. The van der Waals surface area contributed by atoms with Crippen LogP contribution in [0.5, 0.6) is 5.75 Å². The number of hydrogen-bond donors (Lipinski definition) is 2. The molecule has 0 atom stereocenters. The predicted octanol–water partition coefficient (Wildman–Crippen LogP) is 2.44. The average molecular weight is 466 g/mol. The summed E-state index contributed by atoms with van der Waals surface area (Å²) in [5.74, 6) is 1.54. The summed E-state index contributed by atoms with van der Waals surface area (Å²) in [4.78, 5) is 38.7. The molecule has 0 radical (unpaired) electrons. The molecule has 0 spiro atoms. The first-order chi connectivity index (χ1) is 15.9. The Bertz CT molecular complexity index is 1400. The highest BCUT2D eigenvalue weighted by Crippen LogP contribution is 2.28. The van der Waals surface area contributed by atoms with Crippen LogP contribution in [0.2, 0.25) is 0 Å². The molecule has 0 bridgehead atoms. The maximum absolute atomic E-state index is 11.7. The maximum Gasteiger partial charge on any atom is 0.325 e. The van der Waals surface area contributed by atoms with E-state index in [-0.39, 0.29) is 12.1 Å². The molecule has 4 rings (SSSR count). The number of nitro benzene ring substituents is 1. The summed E-state index contributed by atoms with van der Waals surface area (Å²) in [7, 11) is 1.56. The molecule has 0 aliphatic heterocycles. The standard InChI is InChI=1S/C21H18N6O5S/c1-32-17-7-3-5-15(11-17)26-18(9-14-10-19(28)23-20(29)22-14)24-25-21(26)33-12-13-4-2-6-16(8-13)27(30)31/h2-8,10-11H,9,12H2,1H3,(H2,22,23,28,29). The minimum Gasteiger partial charge on any atom is -0.497 e. The van der Waals surface area contributed by atoms with Crippen LogP contribution in [0.15, 0.2) is 69.3 Å². The van der Waals surface area contributed by atoms with Crippen molar-refractivity contribution in [3.8, 4) is 11.4 Å². The summed E-state index contributed by atoms with van der Waals surface area (Å²) < 4.78 is 7.13. The third-order valence-corrected chi connectivity index (χ3v) is 5.67. The summed E-state index contributed by atoms with van der Waals surface area (Å²) in [6.07, 6.45) is 0.154. The van der Waals surface area contributed by atoms with Crippen LogP contribution in [-0.2, 0) is 12.2 Å². The molecular weight excluding hydrogens is 448 g/mol. The third kappa shape index (κ3) is 5.18. The van der Waals surface area contributed by atoms with Gasteiger partial charge >= 0.3 is 5.69 Å². The molecule has 11 nitrogen and oxygen atoms in total. The van der Waals surface area contributed by atoms with Crippen LogP contribution in [-0.4, -0.2) is 36.8 Å². The number of nitrogens with one attached hydrogen (secondary N) is 2. The number of methoxy groups -OCH3 is 1. The van der Waals surface area contributed by atoms with Gasteiger partial charge in [0.25, 0.3) is 11.2 Å². The first-order valence-corrected chi connectivity index (χ1v) is 10.7. The van der Waals surface area contributed by atoms with Crippen molar-refractivity contribution in [1.82, 2.24) is 24.7 Å². The van der Waals surface area contributed by atoms with Crippen LogP contribution < -0.4 is 16.0 Å². The van der Waals surface area contributed by atoms with Gasteiger partial charge in [0.1, 0.15) is 11.6 Å². The highest BCUT2D eigenvalue weighted by molar-refractivity contribution is 7.98. The van der Waals surface area contributed by atoms with Gasteiger partial charge in [-0.05, 0) is 17.7 Å². The molecule has 12 heteroatoms. The van der Waals surface area contributed by atoms with E-state index in [1.807, 2.05) is 18.2 Å². The van der Waals surface area contributed by atoms with E-state index in [0.29, 0.717) is 28.2 Å². The fourth-order valence-electron chi connectivity index (χ4n) is 3.21. The van der Waals surface area contributed by atoms with E-state index in [9.17, 15) is 19.7 Å². The Kier molecular flexibility index (Phi) is 6.36. The van der Waals surface area contributed by atoms with Gasteiger partial charge in [-0.3, -0.25) is 24.5 Å². The molecule has 0 saturated heterocycles. The van der Waals surface area contributed by atoms with Crippen LogP contribution in [0.25, 0.3) is 5.69 Å². The molecule has 2 heterocycles. The fraction of sp³-hybridized carbons (Fsp3) is 0.143. The molecular formula is C21H18N6O5S. The van der Waals surface area contributed by atoms with E-state index >= 15 is 0 Å². The number of non-ortho nitro benzene ring substituents is 1. The monoisotopic (exact) mass is 466 g/mol. The number of nitro groups is 1. The first-order valence-electron chi connectivity index (χ1n) is 9.70. The SMILES string of the molecule is COc1cccc(-n2c(Cc3cc(=O)[nH]c(=O)[nH]3)nnc2SCc2cccc([N+](=O)[O-])c2)c1. The lowest BCUT2D eigenvalue weighted by molar-refractivity contribution is -0.384. The number of rotatable bonds is 8. The molecule has 168 valence electrons. The van der Waals surface area contributed by atoms with E-state index in [4.69, 9.17) is 4.74 Å². The van der Waals surface area contributed by atoms with Crippen LogP contribution in [0.3, 0.4) is 0 Å². The van der Waals surface area contributed by atoms with E-state index in [0.717, 1.165) is 11.3 Å². The van der Waals surface area contributed by atoms with E-state index in [1.165, 1.54) is 30.0 Å². The smallest absolute Gasteiger partial charge is 0.325 e. The Labute approximate surface area is 190 Å². The van der Waals surface area contributed by atoms with E-state index < -0.39 is 16.2 Å². The number of thioether (sulfide) groups is 1. The number of hydrogen-bond acceptors (Lipinski definition) is 8. The Morgan fingerprint density at radius 1 is 1.09 bits per heavy atom. The highest BCUT2D eigenvalue weighted by atomic mass is 32.2. The van der Waals surface area contributed by atoms with Crippen molar-refractivity contribution >= 4 is 17.4 Å². The molecule has 33 heavy (non-hydrogen) atoms. The van der Waals surface area contributed by atoms with E-state index in [1.54, 1.807) is 29.9 Å². The fourth-order valence-corrected chi connectivity index (χ4v) is 4.12. The van der Waals surface area contributed by atoms with Crippen molar-refractivity contribution in [2.45, 2.75) is 17.3 Å². The second kappa shape index (κ2) is 9.53. The van der Waals surface area contributed by atoms with Gasteiger partial charge in [-0.25, -0.2) is 4.79 Å². The molecule has 0 amide bonds. The summed E-state index contributed by atoms with van der Waals surface area (Å²) in [5, 5.41) is 20.2. The normalized spacial score (nSPS) is 10.8. The van der Waals surface area contributed by atoms with Gasteiger partial charge in [0.05, 0.1) is 17.7 Å².